The summed E-state index contributed by atoms with van der Waals surface area (Å²) in [5.41, 5.74) is 0.965. The van der Waals surface area contributed by atoms with E-state index in [-0.39, 0.29) is 18.5 Å². The maximum Gasteiger partial charge on any atom is 0.302 e. The van der Waals surface area contributed by atoms with E-state index in [0.717, 1.165) is 5.56 Å². The molecule has 4 heteroatoms. The molecule has 16 heavy (non-hydrogen) atoms. The number of hydrogen-bond acceptors (Lipinski definition) is 3. The van der Waals surface area contributed by atoms with E-state index in [1.54, 1.807) is 0 Å². The third-order valence-electron chi connectivity index (χ3n) is 1.94. The van der Waals surface area contributed by atoms with Gasteiger partial charge in [-0.2, -0.15) is 0 Å². The van der Waals surface area contributed by atoms with Gasteiger partial charge in [0.1, 0.15) is 6.61 Å². The first-order chi connectivity index (χ1) is 7.68. The molecule has 4 nitrogen and oxygen atoms in total. The Morgan fingerprint density at radius 3 is 2.56 bits per heavy atom. The van der Waals surface area contributed by atoms with Gasteiger partial charge in [-0.05, 0) is 5.56 Å². The highest BCUT2D eigenvalue weighted by Gasteiger charge is 2.02. The summed E-state index contributed by atoms with van der Waals surface area (Å²) in [5, 5.41) is 2.67. The summed E-state index contributed by atoms with van der Waals surface area (Å²) in [4.78, 5) is 21.9. The number of ether oxygens (including phenoxy) is 1. The summed E-state index contributed by atoms with van der Waals surface area (Å²) in [6.45, 7) is 1.91. The highest BCUT2D eigenvalue weighted by Crippen LogP contribution is 1.98. The number of hydrogen-bond donors (Lipinski definition) is 1. The largest absolute Gasteiger partial charge is 0.464 e. The lowest BCUT2D eigenvalue weighted by Crippen LogP contribution is -2.29. The van der Waals surface area contributed by atoms with Crippen LogP contribution in [0.3, 0.4) is 0 Å². The first kappa shape index (κ1) is 12.2. The lowest BCUT2D eigenvalue weighted by Gasteiger charge is -2.05. The van der Waals surface area contributed by atoms with Gasteiger partial charge in [0.15, 0.2) is 0 Å². The number of carbonyl (C=O) groups is 2. The highest BCUT2D eigenvalue weighted by molar-refractivity contribution is 5.78. The molecule has 0 bridgehead atoms. The van der Waals surface area contributed by atoms with Gasteiger partial charge in [-0.15, -0.1) is 0 Å². The molecule has 1 N–H and O–H groups in total. The van der Waals surface area contributed by atoms with E-state index >= 15 is 0 Å². The van der Waals surface area contributed by atoms with Gasteiger partial charge in [0.25, 0.3) is 0 Å². The Labute approximate surface area is 94.6 Å². The monoisotopic (exact) mass is 221 g/mol. The number of carbonyl (C=O) groups excluding carboxylic acids is 2. The summed E-state index contributed by atoms with van der Waals surface area (Å²) in [6.07, 6.45) is 0.348. The van der Waals surface area contributed by atoms with Gasteiger partial charge in [-0.25, -0.2) is 0 Å². The van der Waals surface area contributed by atoms with Crippen molar-refractivity contribution in [3.8, 4) is 0 Å². The highest BCUT2D eigenvalue weighted by atomic mass is 16.5. The van der Waals surface area contributed by atoms with Crippen molar-refractivity contribution in [3.05, 3.63) is 35.9 Å². The van der Waals surface area contributed by atoms with Crippen molar-refractivity contribution in [1.29, 1.82) is 0 Å². The van der Waals surface area contributed by atoms with Crippen LogP contribution in [0.15, 0.2) is 30.3 Å². The second kappa shape index (κ2) is 6.61. The van der Waals surface area contributed by atoms with E-state index in [2.05, 4.69) is 10.1 Å². The first-order valence-corrected chi connectivity index (χ1v) is 5.12. The summed E-state index contributed by atoms with van der Waals surface area (Å²) < 4.78 is 4.69. The molecule has 1 aromatic rings. The predicted octanol–water partition coefficient (Wildman–Crippen LogP) is 0.908. The van der Waals surface area contributed by atoms with Crippen LogP contribution in [0, 0.1) is 0 Å². The minimum Gasteiger partial charge on any atom is -0.464 e. The summed E-state index contributed by atoms with van der Waals surface area (Å²) in [7, 11) is 0. The number of benzene rings is 1. The normalized spacial score (nSPS) is 9.56. The molecule has 0 heterocycles. The molecule has 0 radical (unpaired) electrons. The van der Waals surface area contributed by atoms with Crippen LogP contribution in [-0.4, -0.2) is 25.0 Å². The second-order valence-electron chi connectivity index (χ2n) is 3.35. The van der Waals surface area contributed by atoms with Gasteiger partial charge in [0, 0.05) is 6.92 Å². The van der Waals surface area contributed by atoms with Crippen molar-refractivity contribution in [1.82, 2.24) is 5.32 Å². The third-order valence-corrected chi connectivity index (χ3v) is 1.94. The maximum absolute atomic E-state index is 11.4. The fraction of sp³-hybridized carbons (Fsp3) is 0.333. The van der Waals surface area contributed by atoms with Crippen LogP contribution < -0.4 is 5.32 Å². The molecular formula is C12H15NO3. The topological polar surface area (TPSA) is 55.4 Å². The molecule has 0 aliphatic heterocycles. The van der Waals surface area contributed by atoms with Crippen LogP contribution in [0.1, 0.15) is 12.5 Å². The summed E-state index contributed by atoms with van der Waals surface area (Å²) in [5.74, 6) is -0.407. The van der Waals surface area contributed by atoms with Crippen LogP contribution in [0.25, 0.3) is 0 Å². The van der Waals surface area contributed by atoms with Crippen LogP contribution in [-0.2, 0) is 20.7 Å². The zero-order valence-electron chi connectivity index (χ0n) is 9.23. The average Bonchev–Trinajstić information content (AvgIpc) is 2.25. The molecular weight excluding hydrogens is 206 g/mol. The van der Waals surface area contributed by atoms with Gasteiger partial charge < -0.3 is 10.1 Å². The minimum atomic E-state index is -0.336. The molecule has 0 atom stereocenters. The van der Waals surface area contributed by atoms with Crippen molar-refractivity contribution in [3.63, 3.8) is 0 Å². The molecule has 1 aromatic carbocycles. The molecule has 0 saturated heterocycles. The fourth-order valence-corrected chi connectivity index (χ4v) is 1.23. The van der Waals surface area contributed by atoms with Crippen LogP contribution in [0.4, 0.5) is 0 Å². The molecule has 0 saturated carbocycles. The number of nitrogens with one attached hydrogen (secondary N) is 1. The Kier molecular flexibility index (Phi) is 5.05. The molecule has 1 rings (SSSR count). The zero-order valence-corrected chi connectivity index (χ0v) is 9.23. The third kappa shape index (κ3) is 5.14. The predicted molar refractivity (Wildman–Crippen MR) is 59.8 cm³/mol. The van der Waals surface area contributed by atoms with Crippen LogP contribution >= 0.6 is 0 Å². The smallest absolute Gasteiger partial charge is 0.302 e. The van der Waals surface area contributed by atoms with Gasteiger partial charge in [-0.3, -0.25) is 9.59 Å². The quantitative estimate of drug-likeness (QED) is 0.594. The van der Waals surface area contributed by atoms with Crippen molar-refractivity contribution in [2.24, 2.45) is 0 Å². The number of amides is 1. The SMILES string of the molecule is CC(=O)OCCNC(=O)Cc1ccccc1. The van der Waals surface area contributed by atoms with Gasteiger partial charge in [0.05, 0.1) is 13.0 Å². The molecule has 0 spiro atoms. The Morgan fingerprint density at radius 2 is 1.94 bits per heavy atom. The maximum atomic E-state index is 11.4. The standard InChI is InChI=1S/C12H15NO3/c1-10(14)16-8-7-13-12(15)9-11-5-3-2-4-6-11/h2-6H,7-9H2,1H3,(H,13,15). The van der Waals surface area contributed by atoms with E-state index < -0.39 is 0 Å². The van der Waals surface area contributed by atoms with Crippen molar-refractivity contribution >= 4 is 11.9 Å². The Hall–Kier alpha value is -1.84. The van der Waals surface area contributed by atoms with Gasteiger partial charge in [0.2, 0.25) is 5.91 Å². The summed E-state index contributed by atoms with van der Waals surface area (Å²) in [6, 6.07) is 9.47. The number of esters is 1. The second-order valence-corrected chi connectivity index (χ2v) is 3.35. The Morgan fingerprint density at radius 1 is 1.25 bits per heavy atom. The Balaban J connectivity index is 2.19. The lowest BCUT2D eigenvalue weighted by molar-refractivity contribution is -0.141. The van der Waals surface area contributed by atoms with E-state index in [1.165, 1.54) is 6.92 Å². The molecule has 86 valence electrons. The van der Waals surface area contributed by atoms with Gasteiger partial charge >= 0.3 is 5.97 Å². The molecule has 0 aromatic heterocycles. The van der Waals surface area contributed by atoms with Crippen LogP contribution in [0.2, 0.25) is 0 Å². The zero-order chi connectivity index (χ0) is 11.8. The Bertz CT molecular complexity index is 349. The fourth-order valence-electron chi connectivity index (χ4n) is 1.23. The molecule has 0 fully saturated rings. The molecule has 0 aliphatic rings. The van der Waals surface area contributed by atoms with Crippen molar-refractivity contribution in [2.75, 3.05) is 13.2 Å². The van der Waals surface area contributed by atoms with Crippen LogP contribution in [0.5, 0.6) is 0 Å². The summed E-state index contributed by atoms with van der Waals surface area (Å²) >= 11 is 0. The lowest BCUT2D eigenvalue weighted by atomic mass is 10.1. The minimum absolute atomic E-state index is 0.0710. The van der Waals surface area contributed by atoms with Crippen molar-refractivity contribution < 1.29 is 14.3 Å². The molecule has 0 aliphatic carbocycles. The van der Waals surface area contributed by atoms with E-state index in [0.29, 0.717) is 13.0 Å². The van der Waals surface area contributed by atoms with E-state index in [1.807, 2.05) is 30.3 Å². The number of rotatable bonds is 5. The molecule has 1 amide bonds. The first-order valence-electron chi connectivity index (χ1n) is 5.12. The van der Waals surface area contributed by atoms with E-state index in [9.17, 15) is 9.59 Å². The van der Waals surface area contributed by atoms with Crippen molar-refractivity contribution in [2.45, 2.75) is 13.3 Å². The van der Waals surface area contributed by atoms with Gasteiger partial charge in [-0.1, -0.05) is 30.3 Å². The average molecular weight is 221 g/mol. The van der Waals surface area contributed by atoms with E-state index in [4.69, 9.17) is 0 Å². The molecule has 0 unspecified atom stereocenters.